The Labute approximate surface area is 107 Å². The first kappa shape index (κ1) is 12.9. The lowest BCUT2D eigenvalue weighted by atomic mass is 9.96. The molecule has 2 N–H and O–H groups in total. The highest BCUT2D eigenvalue weighted by Crippen LogP contribution is 2.31. The van der Waals surface area contributed by atoms with Gasteiger partial charge in [-0.15, -0.1) is 0 Å². The summed E-state index contributed by atoms with van der Waals surface area (Å²) in [5.41, 5.74) is 6.30. The minimum atomic E-state index is 0.115. The molecular weight excluding hydrogens is 230 g/mol. The number of carbonyl (C=O) groups is 1. The summed E-state index contributed by atoms with van der Waals surface area (Å²) in [6, 6.07) is 5.35. The molecule has 0 radical (unpaired) electrons. The monoisotopic (exact) mass is 249 g/mol. The summed E-state index contributed by atoms with van der Waals surface area (Å²) in [7, 11) is 0. The number of Topliss-reactive ketones (excluding diaryl/α,β-unsaturated/α-hetero) is 1. The van der Waals surface area contributed by atoms with Gasteiger partial charge in [-0.05, 0) is 30.7 Å². The molecule has 0 bridgehead atoms. The van der Waals surface area contributed by atoms with Gasteiger partial charge in [0.1, 0.15) is 13.2 Å². The van der Waals surface area contributed by atoms with E-state index in [0.29, 0.717) is 43.2 Å². The number of benzene rings is 1. The van der Waals surface area contributed by atoms with Crippen LogP contribution in [0.15, 0.2) is 18.2 Å². The first-order valence-corrected chi connectivity index (χ1v) is 6.37. The molecule has 4 nitrogen and oxygen atoms in total. The molecule has 0 amide bonds. The van der Waals surface area contributed by atoms with E-state index in [4.69, 9.17) is 15.2 Å². The fourth-order valence-electron chi connectivity index (χ4n) is 1.99. The molecule has 1 aromatic carbocycles. The molecule has 1 atom stereocenters. The highest BCUT2D eigenvalue weighted by Gasteiger charge is 2.17. The molecular formula is C14H19NO3. The number of rotatable bonds is 5. The van der Waals surface area contributed by atoms with Crippen molar-refractivity contribution in [1.82, 2.24) is 0 Å². The highest BCUT2D eigenvalue weighted by molar-refractivity contribution is 5.96. The zero-order chi connectivity index (χ0) is 13.0. The zero-order valence-electron chi connectivity index (χ0n) is 10.6. The van der Waals surface area contributed by atoms with Crippen LogP contribution in [-0.4, -0.2) is 25.5 Å². The number of hydrogen-bond acceptors (Lipinski definition) is 4. The number of nitrogens with two attached hydrogens (primary N) is 1. The molecule has 0 spiro atoms. The molecule has 4 heteroatoms. The van der Waals surface area contributed by atoms with Crippen LogP contribution in [-0.2, 0) is 0 Å². The topological polar surface area (TPSA) is 61.6 Å². The maximum absolute atomic E-state index is 12.1. The number of carbonyl (C=O) groups excluding carboxylic acids is 1. The van der Waals surface area contributed by atoms with Crippen LogP contribution in [0, 0.1) is 5.92 Å². The van der Waals surface area contributed by atoms with Crippen molar-refractivity contribution in [1.29, 1.82) is 0 Å². The van der Waals surface area contributed by atoms with Crippen LogP contribution in [0.2, 0.25) is 0 Å². The van der Waals surface area contributed by atoms with Crippen molar-refractivity contribution in [2.45, 2.75) is 19.8 Å². The van der Waals surface area contributed by atoms with Crippen LogP contribution < -0.4 is 15.2 Å². The van der Waals surface area contributed by atoms with Crippen molar-refractivity contribution in [2.75, 3.05) is 19.8 Å². The van der Waals surface area contributed by atoms with Crippen LogP contribution in [0.1, 0.15) is 30.1 Å². The fourth-order valence-corrected chi connectivity index (χ4v) is 1.99. The normalized spacial score (nSPS) is 15.2. The van der Waals surface area contributed by atoms with E-state index in [1.54, 1.807) is 18.2 Å². The molecule has 1 aliphatic heterocycles. The maximum atomic E-state index is 12.1. The first-order chi connectivity index (χ1) is 8.74. The Morgan fingerprint density at radius 3 is 2.72 bits per heavy atom. The van der Waals surface area contributed by atoms with Gasteiger partial charge in [0.2, 0.25) is 0 Å². The van der Waals surface area contributed by atoms with Crippen LogP contribution in [0.3, 0.4) is 0 Å². The molecule has 1 aliphatic rings. The predicted octanol–water partition coefficient (Wildman–Crippen LogP) is 2.02. The second kappa shape index (κ2) is 5.87. The van der Waals surface area contributed by atoms with Crippen molar-refractivity contribution >= 4 is 5.78 Å². The van der Waals surface area contributed by atoms with Gasteiger partial charge in [-0.3, -0.25) is 4.79 Å². The van der Waals surface area contributed by atoms with Gasteiger partial charge >= 0.3 is 0 Å². The Morgan fingerprint density at radius 1 is 1.33 bits per heavy atom. The Hall–Kier alpha value is -1.55. The van der Waals surface area contributed by atoms with E-state index in [9.17, 15) is 4.79 Å². The summed E-state index contributed by atoms with van der Waals surface area (Å²) in [6.07, 6.45) is 1.42. The predicted molar refractivity (Wildman–Crippen MR) is 69.2 cm³/mol. The van der Waals surface area contributed by atoms with Crippen molar-refractivity contribution in [3.05, 3.63) is 23.8 Å². The molecule has 2 rings (SSSR count). The van der Waals surface area contributed by atoms with Gasteiger partial charge in [0.05, 0.1) is 0 Å². The van der Waals surface area contributed by atoms with Crippen LogP contribution >= 0.6 is 0 Å². The van der Waals surface area contributed by atoms with Gasteiger partial charge in [-0.1, -0.05) is 13.3 Å². The average molecular weight is 249 g/mol. The second-order valence-corrected chi connectivity index (χ2v) is 4.50. The van der Waals surface area contributed by atoms with E-state index in [1.165, 1.54) is 0 Å². The van der Waals surface area contributed by atoms with Crippen LogP contribution in [0.4, 0.5) is 0 Å². The molecule has 1 heterocycles. The lowest BCUT2D eigenvalue weighted by Gasteiger charge is -2.19. The van der Waals surface area contributed by atoms with E-state index < -0.39 is 0 Å². The summed E-state index contributed by atoms with van der Waals surface area (Å²) >= 11 is 0. The van der Waals surface area contributed by atoms with Crippen molar-refractivity contribution in [3.63, 3.8) is 0 Å². The summed E-state index contributed by atoms with van der Waals surface area (Å²) in [5.74, 6) is 1.74. The minimum absolute atomic E-state index is 0.115. The molecule has 0 fully saturated rings. The zero-order valence-corrected chi connectivity index (χ0v) is 10.6. The summed E-state index contributed by atoms with van der Waals surface area (Å²) in [6.45, 7) is 3.69. The molecule has 0 aliphatic carbocycles. The molecule has 98 valence electrons. The van der Waals surface area contributed by atoms with E-state index in [-0.39, 0.29) is 11.7 Å². The van der Waals surface area contributed by atoms with Crippen LogP contribution in [0.25, 0.3) is 0 Å². The lowest BCUT2D eigenvalue weighted by Crippen LogP contribution is -2.18. The lowest BCUT2D eigenvalue weighted by molar-refractivity contribution is 0.0960. The van der Waals surface area contributed by atoms with E-state index in [0.717, 1.165) is 6.42 Å². The number of fused-ring (bicyclic) bond motifs is 1. The van der Waals surface area contributed by atoms with Gasteiger partial charge in [0.15, 0.2) is 17.3 Å². The van der Waals surface area contributed by atoms with E-state index >= 15 is 0 Å². The smallest absolute Gasteiger partial charge is 0.163 e. The molecule has 0 saturated carbocycles. The summed E-state index contributed by atoms with van der Waals surface area (Å²) in [5, 5.41) is 0. The van der Waals surface area contributed by atoms with E-state index in [2.05, 4.69) is 6.92 Å². The summed E-state index contributed by atoms with van der Waals surface area (Å²) < 4.78 is 10.9. The second-order valence-electron chi connectivity index (χ2n) is 4.50. The van der Waals surface area contributed by atoms with Crippen LogP contribution in [0.5, 0.6) is 11.5 Å². The Morgan fingerprint density at radius 2 is 2.06 bits per heavy atom. The SMILES string of the molecule is CCC(CN)CC(=O)c1ccc2c(c1)OCCO2. The highest BCUT2D eigenvalue weighted by atomic mass is 16.6. The molecule has 0 aromatic heterocycles. The Balaban J connectivity index is 2.11. The Kier molecular flexibility index (Phi) is 4.20. The quantitative estimate of drug-likeness (QED) is 0.811. The van der Waals surface area contributed by atoms with Gasteiger partial charge in [-0.2, -0.15) is 0 Å². The van der Waals surface area contributed by atoms with E-state index in [1.807, 2.05) is 0 Å². The van der Waals surface area contributed by atoms with Gasteiger partial charge in [0.25, 0.3) is 0 Å². The van der Waals surface area contributed by atoms with Gasteiger partial charge < -0.3 is 15.2 Å². The molecule has 18 heavy (non-hydrogen) atoms. The molecule has 1 unspecified atom stereocenters. The van der Waals surface area contributed by atoms with Gasteiger partial charge in [-0.25, -0.2) is 0 Å². The minimum Gasteiger partial charge on any atom is -0.486 e. The van der Waals surface area contributed by atoms with Crippen molar-refractivity contribution in [3.8, 4) is 11.5 Å². The third kappa shape index (κ3) is 2.82. The standard InChI is InChI=1S/C14H19NO3/c1-2-10(9-15)7-12(16)11-3-4-13-14(8-11)18-6-5-17-13/h3-4,8,10H,2,5-7,9,15H2,1H3. The number of hydrogen-bond donors (Lipinski definition) is 1. The number of ether oxygens (including phenoxy) is 2. The third-order valence-corrected chi connectivity index (χ3v) is 3.25. The maximum Gasteiger partial charge on any atom is 0.163 e. The first-order valence-electron chi connectivity index (χ1n) is 6.37. The van der Waals surface area contributed by atoms with Crippen molar-refractivity contribution < 1.29 is 14.3 Å². The third-order valence-electron chi connectivity index (χ3n) is 3.25. The average Bonchev–Trinajstić information content (AvgIpc) is 2.44. The fraction of sp³-hybridized carbons (Fsp3) is 0.500. The molecule has 1 aromatic rings. The van der Waals surface area contributed by atoms with Gasteiger partial charge in [0, 0.05) is 12.0 Å². The number of ketones is 1. The largest absolute Gasteiger partial charge is 0.486 e. The van der Waals surface area contributed by atoms with Crippen molar-refractivity contribution in [2.24, 2.45) is 11.7 Å². The molecule has 0 saturated heterocycles. The summed E-state index contributed by atoms with van der Waals surface area (Å²) in [4.78, 5) is 12.1. The Bertz CT molecular complexity index is 427.